The van der Waals surface area contributed by atoms with Crippen LogP contribution in [0.3, 0.4) is 0 Å². The normalized spacial score (nSPS) is 11.3. The van der Waals surface area contributed by atoms with Gasteiger partial charge >= 0.3 is 0 Å². The van der Waals surface area contributed by atoms with Crippen molar-refractivity contribution in [2.24, 2.45) is 0 Å². The summed E-state index contributed by atoms with van der Waals surface area (Å²) in [6.07, 6.45) is 0. The van der Waals surface area contributed by atoms with Crippen molar-refractivity contribution >= 4 is 5.91 Å². The highest BCUT2D eigenvalue weighted by atomic mass is 16.5. The maximum atomic E-state index is 13.0. The van der Waals surface area contributed by atoms with Crippen molar-refractivity contribution in [3.63, 3.8) is 0 Å². The minimum absolute atomic E-state index is 0.0495. The van der Waals surface area contributed by atoms with Crippen molar-refractivity contribution in [2.45, 2.75) is 39.7 Å². The average Bonchev–Trinajstić information content (AvgIpc) is 3.12. The number of carbonyl (C=O) groups excluding carboxylic acids is 1. The Morgan fingerprint density at radius 1 is 1.03 bits per heavy atom. The number of benzene rings is 2. The SMILES string of the molecule is COc1cc(CNC(=O)c2c(C)noc2-c2ccc(C(C)(C)C)cc2)cc(OC)c1. The first-order valence-corrected chi connectivity index (χ1v) is 9.80. The van der Waals surface area contributed by atoms with E-state index in [0.717, 1.165) is 11.1 Å². The molecule has 0 spiro atoms. The second-order valence-corrected chi connectivity index (χ2v) is 8.20. The lowest BCUT2D eigenvalue weighted by Gasteiger charge is -2.18. The van der Waals surface area contributed by atoms with Gasteiger partial charge < -0.3 is 19.3 Å². The van der Waals surface area contributed by atoms with Crippen LogP contribution in [0.2, 0.25) is 0 Å². The molecule has 0 radical (unpaired) electrons. The Kier molecular flexibility index (Phi) is 6.15. The molecule has 0 aliphatic rings. The summed E-state index contributed by atoms with van der Waals surface area (Å²) in [6, 6.07) is 13.5. The zero-order chi connectivity index (χ0) is 21.9. The summed E-state index contributed by atoms with van der Waals surface area (Å²) in [6.45, 7) is 8.56. The molecule has 0 bridgehead atoms. The van der Waals surface area contributed by atoms with Crippen molar-refractivity contribution in [1.82, 2.24) is 10.5 Å². The van der Waals surface area contributed by atoms with Gasteiger partial charge in [0.1, 0.15) is 17.1 Å². The van der Waals surface area contributed by atoms with Crippen LogP contribution in [0.4, 0.5) is 0 Å². The Morgan fingerprint density at radius 3 is 2.17 bits per heavy atom. The van der Waals surface area contributed by atoms with Crippen molar-refractivity contribution in [1.29, 1.82) is 0 Å². The van der Waals surface area contributed by atoms with Crippen molar-refractivity contribution in [3.8, 4) is 22.8 Å². The number of carbonyl (C=O) groups is 1. The Bertz CT molecular complexity index is 1010. The zero-order valence-electron chi connectivity index (χ0n) is 18.3. The summed E-state index contributed by atoms with van der Waals surface area (Å²) in [5.74, 6) is 1.55. The summed E-state index contributed by atoms with van der Waals surface area (Å²) in [5, 5.41) is 6.96. The number of nitrogens with one attached hydrogen (secondary N) is 1. The van der Waals surface area contributed by atoms with E-state index in [9.17, 15) is 4.79 Å². The molecule has 1 amide bonds. The van der Waals surface area contributed by atoms with E-state index in [4.69, 9.17) is 14.0 Å². The highest BCUT2D eigenvalue weighted by molar-refractivity contribution is 6.00. The Labute approximate surface area is 177 Å². The van der Waals surface area contributed by atoms with Gasteiger partial charge in [0.05, 0.1) is 19.9 Å². The van der Waals surface area contributed by atoms with Gasteiger partial charge in [0.2, 0.25) is 0 Å². The van der Waals surface area contributed by atoms with Crippen LogP contribution in [-0.4, -0.2) is 25.3 Å². The molecule has 6 nitrogen and oxygen atoms in total. The smallest absolute Gasteiger partial charge is 0.257 e. The van der Waals surface area contributed by atoms with Crippen molar-refractivity contribution in [3.05, 3.63) is 64.8 Å². The lowest BCUT2D eigenvalue weighted by molar-refractivity contribution is 0.0950. The first-order valence-electron chi connectivity index (χ1n) is 9.80. The van der Waals surface area contributed by atoms with Gasteiger partial charge in [-0.1, -0.05) is 50.2 Å². The molecule has 0 saturated heterocycles. The third-order valence-electron chi connectivity index (χ3n) is 4.97. The van der Waals surface area contributed by atoms with E-state index < -0.39 is 0 Å². The van der Waals surface area contributed by atoms with Crippen molar-refractivity contribution in [2.75, 3.05) is 14.2 Å². The molecule has 1 heterocycles. The predicted molar refractivity (Wildman–Crippen MR) is 116 cm³/mol. The van der Waals surface area contributed by atoms with E-state index in [1.54, 1.807) is 27.2 Å². The first kappa shape index (κ1) is 21.4. The van der Waals surface area contributed by atoms with Crippen LogP contribution in [0.1, 0.15) is 48.0 Å². The minimum atomic E-state index is -0.245. The number of nitrogens with zero attached hydrogens (tertiary/aromatic N) is 1. The molecular formula is C24H28N2O4. The Morgan fingerprint density at radius 2 is 1.63 bits per heavy atom. The number of hydrogen-bond acceptors (Lipinski definition) is 5. The molecule has 158 valence electrons. The van der Waals surface area contributed by atoms with E-state index in [1.165, 1.54) is 5.56 Å². The second-order valence-electron chi connectivity index (χ2n) is 8.20. The molecule has 0 aliphatic carbocycles. The Hall–Kier alpha value is -3.28. The molecule has 6 heteroatoms. The van der Waals surface area contributed by atoms with Crippen LogP contribution >= 0.6 is 0 Å². The van der Waals surface area contributed by atoms with Gasteiger partial charge in [-0.2, -0.15) is 0 Å². The maximum absolute atomic E-state index is 13.0. The molecule has 0 aliphatic heterocycles. The van der Waals surface area contributed by atoms with Gasteiger partial charge in [-0.05, 0) is 35.6 Å². The van der Waals surface area contributed by atoms with Crippen molar-refractivity contribution < 1.29 is 18.8 Å². The van der Waals surface area contributed by atoms with Gasteiger partial charge in [0.15, 0.2) is 5.76 Å². The monoisotopic (exact) mass is 408 g/mol. The standard InChI is InChI=1S/C24H28N2O4/c1-15-21(22(30-26-15)17-7-9-18(10-8-17)24(2,3)4)23(27)25-14-16-11-19(28-5)13-20(12-16)29-6/h7-13H,14H2,1-6H3,(H,25,27). The quantitative estimate of drug-likeness (QED) is 0.628. The minimum Gasteiger partial charge on any atom is -0.497 e. The molecule has 3 rings (SSSR count). The number of methoxy groups -OCH3 is 2. The summed E-state index contributed by atoms with van der Waals surface area (Å²) < 4.78 is 16.1. The molecule has 1 N–H and O–H groups in total. The number of amides is 1. The summed E-state index contributed by atoms with van der Waals surface area (Å²) in [7, 11) is 3.18. The van der Waals surface area contributed by atoms with E-state index in [-0.39, 0.29) is 11.3 Å². The second kappa shape index (κ2) is 8.61. The molecule has 0 saturated carbocycles. The highest BCUT2D eigenvalue weighted by Crippen LogP contribution is 2.30. The molecule has 2 aromatic carbocycles. The summed E-state index contributed by atoms with van der Waals surface area (Å²) in [4.78, 5) is 13.0. The number of ether oxygens (including phenoxy) is 2. The van der Waals surface area contributed by atoms with E-state index in [2.05, 4.69) is 43.4 Å². The van der Waals surface area contributed by atoms with Gasteiger partial charge in [0.25, 0.3) is 5.91 Å². The fourth-order valence-electron chi connectivity index (χ4n) is 3.19. The number of hydrogen-bond donors (Lipinski definition) is 1. The lowest BCUT2D eigenvalue weighted by Crippen LogP contribution is -2.23. The fraction of sp³-hybridized carbons (Fsp3) is 0.333. The number of aryl methyl sites for hydroxylation is 1. The van der Waals surface area contributed by atoms with Crippen LogP contribution in [0.15, 0.2) is 47.0 Å². The molecule has 30 heavy (non-hydrogen) atoms. The third kappa shape index (κ3) is 4.64. The van der Waals surface area contributed by atoms with Crippen LogP contribution < -0.4 is 14.8 Å². The molecule has 0 atom stereocenters. The summed E-state index contributed by atoms with van der Waals surface area (Å²) in [5.41, 5.74) is 3.93. The maximum Gasteiger partial charge on any atom is 0.257 e. The van der Waals surface area contributed by atoms with E-state index in [0.29, 0.717) is 35.1 Å². The van der Waals surface area contributed by atoms with E-state index in [1.807, 2.05) is 24.3 Å². The fourth-order valence-corrected chi connectivity index (χ4v) is 3.19. The average molecular weight is 408 g/mol. The zero-order valence-corrected chi connectivity index (χ0v) is 18.3. The molecule has 0 unspecified atom stereocenters. The number of aromatic nitrogens is 1. The highest BCUT2D eigenvalue weighted by Gasteiger charge is 2.22. The Balaban J connectivity index is 1.82. The predicted octanol–water partition coefficient (Wildman–Crippen LogP) is 4.89. The van der Waals surface area contributed by atoms with Gasteiger partial charge in [-0.15, -0.1) is 0 Å². The lowest BCUT2D eigenvalue weighted by atomic mass is 9.86. The van der Waals surface area contributed by atoms with Crippen LogP contribution in [0, 0.1) is 6.92 Å². The van der Waals surface area contributed by atoms with Crippen LogP contribution in [-0.2, 0) is 12.0 Å². The van der Waals surface area contributed by atoms with Gasteiger partial charge in [0, 0.05) is 18.2 Å². The number of rotatable bonds is 6. The third-order valence-corrected chi connectivity index (χ3v) is 4.97. The molecular weight excluding hydrogens is 380 g/mol. The van der Waals surface area contributed by atoms with Crippen LogP contribution in [0.25, 0.3) is 11.3 Å². The topological polar surface area (TPSA) is 73.6 Å². The van der Waals surface area contributed by atoms with E-state index >= 15 is 0 Å². The summed E-state index contributed by atoms with van der Waals surface area (Å²) >= 11 is 0. The van der Waals surface area contributed by atoms with Gasteiger partial charge in [-0.3, -0.25) is 4.79 Å². The van der Waals surface area contributed by atoms with Crippen LogP contribution in [0.5, 0.6) is 11.5 Å². The molecule has 0 fully saturated rings. The largest absolute Gasteiger partial charge is 0.497 e. The van der Waals surface area contributed by atoms with Gasteiger partial charge in [-0.25, -0.2) is 0 Å². The first-order chi connectivity index (χ1) is 14.2. The molecule has 3 aromatic rings. The molecule has 1 aromatic heterocycles.